The zero-order chi connectivity index (χ0) is 22.3. The molecule has 0 spiro atoms. The van der Waals surface area contributed by atoms with Gasteiger partial charge >= 0.3 is 12.4 Å². The summed E-state index contributed by atoms with van der Waals surface area (Å²) in [6, 6.07) is 2.51. The van der Waals surface area contributed by atoms with Crippen LogP contribution in [0, 0.1) is 6.92 Å². The summed E-state index contributed by atoms with van der Waals surface area (Å²) in [4.78, 5) is 19.5. The molecule has 0 bridgehead atoms. The number of carbonyl (C=O) groups excluding carboxylic acids is 1. The summed E-state index contributed by atoms with van der Waals surface area (Å²) in [6.07, 6.45) is -6.64. The van der Waals surface area contributed by atoms with Gasteiger partial charge in [-0.25, -0.2) is 14.6 Å². The van der Waals surface area contributed by atoms with Crippen molar-refractivity contribution in [2.24, 2.45) is 0 Å². The topological polar surface area (TPSA) is 72.7 Å². The summed E-state index contributed by atoms with van der Waals surface area (Å²) >= 11 is 5.44. The molecule has 0 saturated heterocycles. The number of carbonyl (C=O) groups is 1. The second-order valence-corrected chi connectivity index (χ2v) is 6.33. The molecular formula is C17H10ClF6N5O. The van der Waals surface area contributed by atoms with Crippen molar-refractivity contribution in [2.45, 2.75) is 19.3 Å². The van der Waals surface area contributed by atoms with Crippen molar-refractivity contribution in [3.8, 4) is 5.82 Å². The van der Waals surface area contributed by atoms with Gasteiger partial charge in [0.25, 0.3) is 5.91 Å². The van der Waals surface area contributed by atoms with E-state index in [2.05, 4.69) is 20.4 Å². The number of aromatic nitrogens is 4. The molecule has 0 radical (unpaired) electrons. The van der Waals surface area contributed by atoms with E-state index in [1.807, 2.05) is 0 Å². The van der Waals surface area contributed by atoms with E-state index in [1.54, 1.807) is 0 Å². The predicted octanol–water partition coefficient (Wildman–Crippen LogP) is 4.91. The maximum atomic E-state index is 12.9. The fourth-order valence-electron chi connectivity index (χ4n) is 2.46. The molecule has 1 amide bonds. The third kappa shape index (κ3) is 4.37. The Bertz CT molecular complexity index is 1090. The first-order chi connectivity index (χ1) is 13.9. The van der Waals surface area contributed by atoms with Crippen LogP contribution in [0.4, 0.5) is 32.0 Å². The maximum Gasteiger partial charge on any atom is 0.419 e. The maximum absolute atomic E-state index is 12.9. The summed E-state index contributed by atoms with van der Waals surface area (Å²) in [7, 11) is 0. The van der Waals surface area contributed by atoms with Crippen molar-refractivity contribution in [3.63, 3.8) is 0 Å². The number of hydrogen-bond donors (Lipinski definition) is 1. The van der Waals surface area contributed by atoms with Crippen LogP contribution in [0.3, 0.4) is 0 Å². The second-order valence-electron chi connectivity index (χ2n) is 5.97. The molecule has 30 heavy (non-hydrogen) atoms. The highest BCUT2D eigenvalue weighted by molar-refractivity contribution is 6.30. The van der Waals surface area contributed by atoms with Crippen molar-refractivity contribution in [1.82, 2.24) is 19.7 Å². The third-order valence-electron chi connectivity index (χ3n) is 3.95. The Kier molecular flexibility index (Phi) is 5.46. The second kappa shape index (κ2) is 7.59. The Hall–Kier alpha value is -3.15. The first kappa shape index (κ1) is 21.6. The molecular weight excluding hydrogens is 440 g/mol. The van der Waals surface area contributed by atoms with Crippen molar-refractivity contribution >= 4 is 23.2 Å². The van der Waals surface area contributed by atoms with E-state index in [1.165, 1.54) is 6.92 Å². The van der Waals surface area contributed by atoms with Crippen LogP contribution >= 0.6 is 11.6 Å². The van der Waals surface area contributed by atoms with E-state index < -0.39 is 34.5 Å². The lowest BCUT2D eigenvalue weighted by Crippen LogP contribution is -2.15. The zero-order valence-electron chi connectivity index (χ0n) is 14.8. The van der Waals surface area contributed by atoms with E-state index in [0.717, 1.165) is 29.2 Å². The highest BCUT2D eigenvalue weighted by atomic mass is 35.5. The van der Waals surface area contributed by atoms with Crippen molar-refractivity contribution in [2.75, 3.05) is 5.32 Å². The third-order valence-corrected chi connectivity index (χ3v) is 4.25. The van der Waals surface area contributed by atoms with Gasteiger partial charge in [-0.05, 0) is 25.1 Å². The molecule has 3 rings (SSSR count). The molecule has 158 valence electrons. The van der Waals surface area contributed by atoms with E-state index in [9.17, 15) is 31.1 Å². The molecule has 6 nitrogen and oxygen atoms in total. The molecule has 0 fully saturated rings. The number of hydrogen-bond acceptors (Lipinski definition) is 4. The molecule has 0 aromatic carbocycles. The molecule has 0 aliphatic rings. The van der Waals surface area contributed by atoms with Crippen LogP contribution < -0.4 is 5.32 Å². The number of nitrogens with zero attached hydrogens (tertiary/aromatic N) is 4. The molecule has 0 unspecified atom stereocenters. The SMILES string of the molecule is Cc1c(C(=O)Nc2cnc(Cl)c(C(F)(F)F)c2)cnn1-c1ccc(C(F)(F)F)cn1. The minimum absolute atomic E-state index is 0.0204. The lowest BCUT2D eigenvalue weighted by Gasteiger charge is -2.11. The molecule has 3 aromatic rings. The van der Waals surface area contributed by atoms with Gasteiger partial charge in [0, 0.05) is 6.20 Å². The van der Waals surface area contributed by atoms with Gasteiger partial charge in [0.05, 0.1) is 40.5 Å². The number of rotatable bonds is 3. The molecule has 0 aliphatic carbocycles. The van der Waals surface area contributed by atoms with Crippen LogP contribution in [0.1, 0.15) is 27.2 Å². The summed E-state index contributed by atoms with van der Waals surface area (Å²) in [5, 5.41) is 5.39. The summed E-state index contributed by atoms with van der Waals surface area (Å²) in [5.41, 5.74) is -2.25. The summed E-state index contributed by atoms with van der Waals surface area (Å²) in [5.74, 6) is -0.782. The Labute approximate surface area is 169 Å². The Morgan fingerprint density at radius 2 is 1.73 bits per heavy atom. The highest BCUT2D eigenvalue weighted by Crippen LogP contribution is 2.35. The molecule has 0 saturated carbocycles. The Morgan fingerprint density at radius 1 is 1.03 bits per heavy atom. The number of nitrogens with one attached hydrogen (secondary N) is 1. The minimum Gasteiger partial charge on any atom is -0.320 e. The first-order valence-electron chi connectivity index (χ1n) is 8.00. The zero-order valence-corrected chi connectivity index (χ0v) is 15.6. The van der Waals surface area contributed by atoms with Gasteiger partial charge in [-0.1, -0.05) is 11.6 Å². The van der Waals surface area contributed by atoms with E-state index in [4.69, 9.17) is 11.6 Å². The fraction of sp³-hybridized carbons (Fsp3) is 0.176. The molecule has 0 atom stereocenters. The average molecular weight is 450 g/mol. The minimum atomic E-state index is -4.76. The van der Waals surface area contributed by atoms with Crippen LogP contribution in [0.2, 0.25) is 5.15 Å². The lowest BCUT2D eigenvalue weighted by molar-refractivity contribution is -0.138. The lowest BCUT2D eigenvalue weighted by atomic mass is 10.2. The van der Waals surface area contributed by atoms with Crippen LogP contribution in [0.15, 0.2) is 36.8 Å². The quantitative estimate of drug-likeness (QED) is 0.455. The van der Waals surface area contributed by atoms with Gasteiger partial charge in [0.15, 0.2) is 5.82 Å². The normalized spacial score (nSPS) is 12.1. The van der Waals surface area contributed by atoms with Gasteiger partial charge in [0.2, 0.25) is 0 Å². The number of halogens is 7. The predicted molar refractivity (Wildman–Crippen MR) is 93.3 cm³/mol. The van der Waals surface area contributed by atoms with Gasteiger partial charge in [-0.15, -0.1) is 0 Å². The number of anilines is 1. The van der Waals surface area contributed by atoms with Crippen molar-refractivity contribution in [1.29, 1.82) is 0 Å². The van der Waals surface area contributed by atoms with E-state index >= 15 is 0 Å². The number of pyridine rings is 2. The Morgan fingerprint density at radius 3 is 2.30 bits per heavy atom. The van der Waals surface area contributed by atoms with Crippen molar-refractivity contribution in [3.05, 3.63) is 64.3 Å². The summed E-state index contributed by atoms with van der Waals surface area (Å²) < 4.78 is 77.8. The van der Waals surface area contributed by atoms with Gasteiger partial charge in [-0.3, -0.25) is 4.79 Å². The Balaban J connectivity index is 1.85. The standard InChI is InChI=1S/C17H10ClF6N5O/c1-8-11(7-27-29(8)13-3-2-9(5-25-13)16(19,20)21)15(30)28-10-4-12(17(22,23)24)14(18)26-6-10/h2-7H,1H3,(H,28,30). The molecule has 1 N–H and O–H groups in total. The average Bonchev–Trinajstić information content (AvgIpc) is 3.03. The van der Waals surface area contributed by atoms with Crippen molar-refractivity contribution < 1.29 is 31.1 Å². The molecule has 0 aliphatic heterocycles. The van der Waals surface area contributed by atoms with Crippen LogP contribution in [-0.2, 0) is 12.4 Å². The molecule has 3 heterocycles. The number of alkyl halides is 6. The monoisotopic (exact) mass is 449 g/mol. The summed E-state index contributed by atoms with van der Waals surface area (Å²) in [6.45, 7) is 1.45. The first-order valence-corrected chi connectivity index (χ1v) is 8.38. The van der Waals surface area contributed by atoms with E-state index in [0.29, 0.717) is 12.3 Å². The molecule has 3 aromatic heterocycles. The van der Waals surface area contributed by atoms with Crippen LogP contribution in [0.25, 0.3) is 5.82 Å². The van der Waals surface area contributed by atoms with Gasteiger partial charge in [0.1, 0.15) is 5.15 Å². The van der Waals surface area contributed by atoms with Crippen LogP contribution in [-0.4, -0.2) is 25.7 Å². The van der Waals surface area contributed by atoms with Gasteiger partial charge in [-0.2, -0.15) is 31.4 Å². The smallest absolute Gasteiger partial charge is 0.320 e. The fourth-order valence-corrected chi connectivity index (χ4v) is 2.67. The van der Waals surface area contributed by atoms with E-state index in [-0.39, 0.29) is 22.8 Å². The number of amides is 1. The van der Waals surface area contributed by atoms with Gasteiger partial charge < -0.3 is 5.32 Å². The van der Waals surface area contributed by atoms with Crippen LogP contribution in [0.5, 0.6) is 0 Å². The molecule has 13 heteroatoms. The highest BCUT2D eigenvalue weighted by Gasteiger charge is 2.34. The largest absolute Gasteiger partial charge is 0.419 e.